The van der Waals surface area contributed by atoms with Gasteiger partial charge in [0.25, 0.3) is 0 Å². The van der Waals surface area contributed by atoms with Gasteiger partial charge < -0.3 is 9.14 Å². The summed E-state index contributed by atoms with van der Waals surface area (Å²) in [5, 5.41) is 0. The third kappa shape index (κ3) is 3.83. The number of carbonyl (C=O) groups is 1. The lowest BCUT2D eigenvalue weighted by atomic mass is 9.78. The van der Waals surface area contributed by atoms with Crippen LogP contribution in [0.1, 0.15) is 75.6 Å². The van der Waals surface area contributed by atoms with Gasteiger partial charge in [-0.3, -0.25) is 4.79 Å². The maximum atomic E-state index is 12.2. The number of ether oxygens (including phenoxy) is 1. The van der Waals surface area contributed by atoms with Gasteiger partial charge in [0.05, 0.1) is 12.8 Å². The van der Waals surface area contributed by atoms with Gasteiger partial charge in [-0.25, -0.2) is 0 Å². The predicted molar refractivity (Wildman–Crippen MR) is 122 cm³/mol. The number of aldehydes is 1. The maximum Gasteiger partial charge on any atom is 0.167 e. The molecule has 0 N–H and O–H groups in total. The minimum Gasteiger partial charge on any atom is -0.496 e. The van der Waals surface area contributed by atoms with E-state index in [1.54, 1.807) is 7.11 Å². The van der Waals surface area contributed by atoms with Gasteiger partial charge in [-0.1, -0.05) is 60.6 Å². The summed E-state index contributed by atoms with van der Waals surface area (Å²) in [5.74, 6) is 0.847. The van der Waals surface area contributed by atoms with Crippen LogP contribution in [0.4, 0.5) is 0 Å². The van der Waals surface area contributed by atoms with Crippen molar-refractivity contribution in [2.75, 3.05) is 7.11 Å². The summed E-state index contributed by atoms with van der Waals surface area (Å²) in [4.78, 5) is 12.2. The van der Waals surface area contributed by atoms with E-state index in [9.17, 15) is 4.79 Å². The first-order valence-corrected chi connectivity index (χ1v) is 10.3. The van der Waals surface area contributed by atoms with Gasteiger partial charge in [-0.2, -0.15) is 0 Å². The van der Waals surface area contributed by atoms with Gasteiger partial charge in [-0.05, 0) is 46.6 Å². The lowest BCUT2D eigenvalue weighted by Crippen LogP contribution is -2.18. The minimum atomic E-state index is -0.0861. The molecule has 0 aliphatic heterocycles. The van der Waals surface area contributed by atoms with Crippen molar-refractivity contribution in [1.29, 1.82) is 0 Å². The van der Waals surface area contributed by atoms with E-state index >= 15 is 0 Å². The molecule has 0 saturated carbocycles. The average Bonchev–Trinajstić information content (AvgIpc) is 3.02. The second-order valence-corrected chi connectivity index (χ2v) is 9.85. The Bertz CT molecular complexity index is 1060. The second kappa shape index (κ2) is 7.37. The van der Waals surface area contributed by atoms with E-state index in [2.05, 4.69) is 85.0 Å². The highest BCUT2D eigenvalue weighted by atomic mass is 16.5. The number of aryl methyl sites for hydroxylation is 1. The Morgan fingerprint density at radius 3 is 2.17 bits per heavy atom. The quantitative estimate of drug-likeness (QED) is 0.470. The number of hydrogen-bond acceptors (Lipinski definition) is 2. The van der Waals surface area contributed by atoms with E-state index in [0.29, 0.717) is 5.69 Å². The van der Waals surface area contributed by atoms with E-state index in [-0.39, 0.29) is 10.8 Å². The first-order chi connectivity index (χ1) is 13.5. The van der Waals surface area contributed by atoms with Crippen LogP contribution in [-0.2, 0) is 17.3 Å². The zero-order valence-electron chi connectivity index (χ0n) is 19.0. The van der Waals surface area contributed by atoms with E-state index in [1.165, 1.54) is 11.1 Å². The highest BCUT2D eigenvalue weighted by Crippen LogP contribution is 2.44. The number of methoxy groups -OCH3 is 1. The number of carbonyl (C=O) groups excluding carboxylic acids is 1. The summed E-state index contributed by atoms with van der Waals surface area (Å²) in [6.45, 7) is 15.4. The molecule has 1 aromatic carbocycles. The van der Waals surface area contributed by atoms with Crippen LogP contribution in [0.2, 0.25) is 0 Å². The molecule has 0 unspecified atom stereocenters. The molecule has 0 atom stereocenters. The highest BCUT2D eigenvalue weighted by Gasteiger charge is 2.27. The topological polar surface area (TPSA) is 30.7 Å². The van der Waals surface area contributed by atoms with Gasteiger partial charge in [-0.15, -0.1) is 0 Å². The molecule has 3 aromatic rings. The Kier molecular flexibility index (Phi) is 5.38. The Hall–Kier alpha value is -2.55. The largest absolute Gasteiger partial charge is 0.496 e. The number of nitrogens with zero attached hydrogens (tertiary/aromatic N) is 1. The molecule has 0 amide bonds. The SMILES string of the molecule is CCc1ccc2cc(-c3cc(C(C)(C)C)cc(C(C)(C)C)c3OC)c(C=O)n2c1. The Morgan fingerprint density at radius 2 is 1.66 bits per heavy atom. The molecule has 0 aliphatic rings. The Morgan fingerprint density at radius 1 is 0.966 bits per heavy atom. The summed E-state index contributed by atoms with van der Waals surface area (Å²) in [7, 11) is 1.72. The van der Waals surface area contributed by atoms with Gasteiger partial charge in [0.2, 0.25) is 0 Å². The fourth-order valence-corrected chi connectivity index (χ4v) is 3.82. The van der Waals surface area contributed by atoms with Crippen molar-refractivity contribution < 1.29 is 9.53 Å². The van der Waals surface area contributed by atoms with Crippen LogP contribution in [0, 0.1) is 0 Å². The number of pyridine rings is 1. The van der Waals surface area contributed by atoms with Crippen LogP contribution in [0.3, 0.4) is 0 Å². The number of rotatable bonds is 4. The fourth-order valence-electron chi connectivity index (χ4n) is 3.82. The standard InChI is InChI=1S/C26H33NO2/c1-9-17-10-11-19-14-20(23(16-28)27(19)15-17)21-12-18(25(2,3)4)13-22(24(21)29-8)26(5,6)7/h10-16H,9H2,1-8H3. The molecule has 3 rings (SSSR count). The van der Waals surface area contributed by atoms with Crippen molar-refractivity contribution in [1.82, 2.24) is 4.40 Å². The van der Waals surface area contributed by atoms with Crippen LogP contribution in [-0.4, -0.2) is 17.8 Å². The van der Waals surface area contributed by atoms with Gasteiger partial charge in [0.1, 0.15) is 5.75 Å². The normalized spacial score (nSPS) is 12.4. The molecule has 0 bridgehead atoms. The lowest BCUT2D eigenvalue weighted by molar-refractivity contribution is 0.111. The molecule has 0 aliphatic carbocycles. The summed E-state index contributed by atoms with van der Waals surface area (Å²) in [6.07, 6.45) is 3.95. The predicted octanol–water partition coefficient (Wildman–Crippen LogP) is 6.58. The van der Waals surface area contributed by atoms with Crippen LogP contribution >= 0.6 is 0 Å². The molecule has 0 spiro atoms. The minimum absolute atomic E-state index is 0.0170. The van der Waals surface area contributed by atoms with E-state index in [4.69, 9.17) is 4.74 Å². The average molecular weight is 392 g/mol. The van der Waals surface area contributed by atoms with Crippen LogP contribution in [0.15, 0.2) is 36.5 Å². The van der Waals surface area contributed by atoms with Crippen molar-refractivity contribution in [2.24, 2.45) is 0 Å². The highest BCUT2D eigenvalue weighted by molar-refractivity contribution is 5.92. The van der Waals surface area contributed by atoms with Crippen molar-refractivity contribution in [2.45, 2.75) is 65.7 Å². The number of fused-ring (bicyclic) bond motifs is 1. The molecule has 2 heterocycles. The summed E-state index contributed by atoms with van der Waals surface area (Å²) >= 11 is 0. The van der Waals surface area contributed by atoms with E-state index < -0.39 is 0 Å². The molecule has 2 aromatic heterocycles. The summed E-state index contributed by atoms with van der Waals surface area (Å²) in [5.41, 5.74) is 7.07. The van der Waals surface area contributed by atoms with Crippen LogP contribution in [0.25, 0.3) is 16.6 Å². The monoisotopic (exact) mass is 391 g/mol. The van der Waals surface area contributed by atoms with Crippen molar-refractivity contribution >= 4 is 11.8 Å². The first-order valence-electron chi connectivity index (χ1n) is 10.3. The maximum absolute atomic E-state index is 12.2. The van der Waals surface area contributed by atoms with E-state index in [0.717, 1.165) is 40.7 Å². The summed E-state index contributed by atoms with van der Waals surface area (Å²) < 4.78 is 7.94. The third-order valence-corrected chi connectivity index (χ3v) is 5.65. The van der Waals surface area contributed by atoms with Crippen LogP contribution in [0.5, 0.6) is 5.75 Å². The van der Waals surface area contributed by atoms with Gasteiger partial charge in [0, 0.05) is 28.4 Å². The molecule has 0 saturated heterocycles. The molecule has 0 fully saturated rings. The fraction of sp³-hybridized carbons (Fsp3) is 0.423. The van der Waals surface area contributed by atoms with Crippen molar-refractivity contribution in [3.63, 3.8) is 0 Å². The zero-order chi connectivity index (χ0) is 21.6. The second-order valence-electron chi connectivity index (χ2n) is 9.85. The third-order valence-electron chi connectivity index (χ3n) is 5.65. The number of hydrogen-bond donors (Lipinski definition) is 0. The Balaban J connectivity index is 2.42. The molecule has 154 valence electrons. The Labute approximate surface area is 174 Å². The number of benzene rings is 1. The van der Waals surface area contributed by atoms with Crippen LogP contribution < -0.4 is 4.74 Å². The molecular weight excluding hydrogens is 358 g/mol. The summed E-state index contributed by atoms with van der Waals surface area (Å²) in [6, 6.07) is 10.8. The van der Waals surface area contributed by atoms with Gasteiger partial charge in [0.15, 0.2) is 6.29 Å². The van der Waals surface area contributed by atoms with Gasteiger partial charge >= 0.3 is 0 Å². The lowest BCUT2D eigenvalue weighted by Gasteiger charge is -2.29. The van der Waals surface area contributed by atoms with E-state index in [1.807, 2.05) is 4.40 Å². The molecule has 3 nitrogen and oxygen atoms in total. The zero-order valence-corrected chi connectivity index (χ0v) is 19.0. The molecule has 29 heavy (non-hydrogen) atoms. The van der Waals surface area contributed by atoms with Crippen molar-refractivity contribution in [3.05, 3.63) is 58.9 Å². The van der Waals surface area contributed by atoms with Crippen molar-refractivity contribution in [3.8, 4) is 16.9 Å². The molecule has 0 radical (unpaired) electrons. The molecule has 3 heteroatoms. The first kappa shape index (κ1) is 21.2. The molecular formula is C26H33NO2. The number of aromatic nitrogens is 1. The smallest absolute Gasteiger partial charge is 0.167 e.